The zero-order valence-electron chi connectivity index (χ0n) is 8.84. The average Bonchev–Trinajstić information content (AvgIpc) is 2.23. The number of carboxylic acid groups (broad SMARTS) is 1. The Morgan fingerprint density at radius 1 is 1.44 bits per heavy atom. The molecule has 0 spiro atoms. The van der Waals surface area contributed by atoms with E-state index in [1.807, 2.05) is 19.1 Å². The van der Waals surface area contributed by atoms with E-state index in [1.54, 1.807) is 6.07 Å². The van der Waals surface area contributed by atoms with E-state index < -0.39 is 12.0 Å². The number of aliphatic carboxylic acids is 1. The highest BCUT2D eigenvalue weighted by molar-refractivity contribution is 9.13. The summed E-state index contributed by atoms with van der Waals surface area (Å²) in [4.78, 5) is 11.1. The van der Waals surface area contributed by atoms with E-state index in [0.29, 0.717) is 6.54 Å². The normalized spacial score (nSPS) is 12.4. The minimum atomic E-state index is -0.859. The maximum absolute atomic E-state index is 11.1. The molecule has 3 nitrogen and oxygen atoms in total. The van der Waals surface area contributed by atoms with E-state index >= 15 is 0 Å². The third kappa shape index (κ3) is 3.57. The summed E-state index contributed by atoms with van der Waals surface area (Å²) in [6.07, 6.45) is 0.904. The lowest BCUT2D eigenvalue weighted by Gasteiger charge is -2.14. The van der Waals surface area contributed by atoms with Gasteiger partial charge in [0, 0.05) is 8.95 Å². The first-order valence-corrected chi connectivity index (χ1v) is 6.56. The van der Waals surface area contributed by atoms with Crippen LogP contribution in [0, 0.1) is 0 Å². The van der Waals surface area contributed by atoms with Crippen LogP contribution in [0.1, 0.15) is 24.9 Å². The van der Waals surface area contributed by atoms with Gasteiger partial charge in [0.1, 0.15) is 6.04 Å². The quantitative estimate of drug-likeness (QED) is 0.856. The number of rotatable bonds is 5. The van der Waals surface area contributed by atoms with Crippen molar-refractivity contribution in [2.45, 2.75) is 19.4 Å². The predicted octanol–water partition coefficient (Wildman–Crippen LogP) is 3.34. The summed E-state index contributed by atoms with van der Waals surface area (Å²) in [5, 5.41) is 12.1. The highest BCUT2D eigenvalue weighted by Gasteiger charge is 2.19. The zero-order valence-corrected chi connectivity index (χ0v) is 12.0. The largest absolute Gasteiger partial charge is 0.480 e. The number of nitrogens with one attached hydrogen (secondary N) is 1. The first-order chi connectivity index (χ1) is 7.56. The lowest BCUT2D eigenvalue weighted by Crippen LogP contribution is -2.29. The maximum Gasteiger partial charge on any atom is 0.325 e. The Labute approximate surface area is 111 Å². The van der Waals surface area contributed by atoms with Crippen LogP contribution in [0.15, 0.2) is 27.1 Å². The molecular weight excluding hydrogens is 338 g/mol. The van der Waals surface area contributed by atoms with E-state index in [9.17, 15) is 4.79 Å². The summed E-state index contributed by atoms with van der Waals surface area (Å²) in [7, 11) is 0. The van der Waals surface area contributed by atoms with Crippen LogP contribution in [-0.2, 0) is 4.79 Å². The van der Waals surface area contributed by atoms with Crippen LogP contribution in [0.2, 0.25) is 0 Å². The van der Waals surface area contributed by atoms with E-state index in [4.69, 9.17) is 5.11 Å². The van der Waals surface area contributed by atoms with Gasteiger partial charge in [-0.15, -0.1) is 0 Å². The van der Waals surface area contributed by atoms with Gasteiger partial charge in [-0.2, -0.15) is 0 Å². The molecule has 1 atom stereocenters. The lowest BCUT2D eigenvalue weighted by atomic mass is 10.1. The van der Waals surface area contributed by atoms with Crippen LogP contribution in [-0.4, -0.2) is 17.6 Å². The van der Waals surface area contributed by atoms with Gasteiger partial charge in [-0.25, -0.2) is 0 Å². The second kappa shape index (κ2) is 6.37. The molecule has 0 aliphatic carbocycles. The SMILES string of the molecule is CCCNC(C(=O)O)c1ccc(Br)c(Br)c1. The number of carboxylic acids is 1. The zero-order chi connectivity index (χ0) is 12.1. The van der Waals surface area contributed by atoms with Gasteiger partial charge in [0.15, 0.2) is 0 Å². The molecule has 0 amide bonds. The third-order valence-corrected chi connectivity index (χ3v) is 4.00. The van der Waals surface area contributed by atoms with Crippen molar-refractivity contribution in [2.24, 2.45) is 0 Å². The summed E-state index contributed by atoms with van der Waals surface area (Å²) in [6, 6.07) is 4.80. The predicted molar refractivity (Wildman–Crippen MR) is 70.5 cm³/mol. The van der Waals surface area contributed by atoms with Gasteiger partial charge in [-0.1, -0.05) is 13.0 Å². The molecule has 0 bridgehead atoms. The molecule has 0 saturated carbocycles. The Morgan fingerprint density at radius 3 is 2.62 bits per heavy atom. The van der Waals surface area contributed by atoms with Gasteiger partial charge >= 0.3 is 5.97 Å². The van der Waals surface area contributed by atoms with Crippen molar-refractivity contribution < 1.29 is 9.90 Å². The molecule has 0 aliphatic rings. The minimum absolute atomic E-state index is 0.649. The highest BCUT2D eigenvalue weighted by Crippen LogP contribution is 2.26. The Morgan fingerprint density at radius 2 is 2.12 bits per heavy atom. The molecule has 0 saturated heterocycles. The smallest absolute Gasteiger partial charge is 0.325 e. The Bertz CT molecular complexity index is 382. The first-order valence-electron chi connectivity index (χ1n) is 4.97. The van der Waals surface area contributed by atoms with Crippen LogP contribution < -0.4 is 5.32 Å². The fraction of sp³-hybridized carbons (Fsp3) is 0.364. The van der Waals surface area contributed by atoms with Gasteiger partial charge in [0.05, 0.1) is 0 Å². The van der Waals surface area contributed by atoms with Gasteiger partial charge in [0.2, 0.25) is 0 Å². The summed E-state index contributed by atoms with van der Waals surface area (Å²) in [5.74, 6) is -0.859. The van der Waals surface area contributed by atoms with Crippen molar-refractivity contribution in [3.8, 4) is 0 Å². The summed E-state index contributed by atoms with van der Waals surface area (Å²) in [5.41, 5.74) is 0.746. The molecule has 1 aromatic rings. The topological polar surface area (TPSA) is 49.3 Å². The fourth-order valence-corrected chi connectivity index (χ4v) is 1.97. The van der Waals surface area contributed by atoms with Gasteiger partial charge < -0.3 is 10.4 Å². The van der Waals surface area contributed by atoms with Crippen LogP contribution in [0.4, 0.5) is 0 Å². The monoisotopic (exact) mass is 349 g/mol. The molecule has 5 heteroatoms. The molecule has 0 aliphatic heterocycles. The molecule has 0 fully saturated rings. The standard InChI is InChI=1S/C11H13Br2NO2/c1-2-5-14-10(11(15)16)7-3-4-8(12)9(13)6-7/h3-4,6,10,14H,2,5H2,1H3,(H,15,16). The molecule has 16 heavy (non-hydrogen) atoms. The van der Waals surface area contributed by atoms with E-state index in [1.165, 1.54) is 0 Å². The van der Waals surface area contributed by atoms with Crippen molar-refractivity contribution in [1.29, 1.82) is 0 Å². The number of hydrogen-bond donors (Lipinski definition) is 2. The second-order valence-electron chi connectivity index (χ2n) is 3.40. The number of hydrogen-bond acceptors (Lipinski definition) is 2. The number of benzene rings is 1. The molecule has 0 radical (unpaired) electrons. The number of carbonyl (C=O) groups is 1. The van der Waals surface area contributed by atoms with Crippen molar-refractivity contribution in [3.05, 3.63) is 32.7 Å². The Hall–Kier alpha value is -0.390. The first kappa shape index (κ1) is 13.7. The Kier molecular flexibility index (Phi) is 5.44. The van der Waals surface area contributed by atoms with Crippen LogP contribution >= 0.6 is 31.9 Å². The van der Waals surface area contributed by atoms with E-state index in [-0.39, 0.29) is 0 Å². The molecule has 1 unspecified atom stereocenters. The molecule has 0 heterocycles. The molecule has 2 N–H and O–H groups in total. The Balaban J connectivity index is 2.92. The summed E-state index contributed by atoms with van der Waals surface area (Å²) in [6.45, 7) is 2.69. The van der Waals surface area contributed by atoms with Gasteiger partial charge in [0.25, 0.3) is 0 Å². The van der Waals surface area contributed by atoms with Crippen molar-refractivity contribution in [1.82, 2.24) is 5.32 Å². The van der Waals surface area contributed by atoms with Crippen molar-refractivity contribution >= 4 is 37.8 Å². The maximum atomic E-state index is 11.1. The molecule has 88 valence electrons. The van der Waals surface area contributed by atoms with Gasteiger partial charge in [-0.3, -0.25) is 4.79 Å². The van der Waals surface area contributed by atoms with E-state index in [2.05, 4.69) is 37.2 Å². The lowest BCUT2D eigenvalue weighted by molar-refractivity contribution is -0.139. The van der Waals surface area contributed by atoms with Crippen LogP contribution in [0.5, 0.6) is 0 Å². The fourth-order valence-electron chi connectivity index (χ4n) is 1.33. The summed E-state index contributed by atoms with van der Waals surface area (Å²) < 4.78 is 1.77. The molecule has 1 rings (SSSR count). The summed E-state index contributed by atoms with van der Waals surface area (Å²) >= 11 is 6.72. The number of halogens is 2. The van der Waals surface area contributed by atoms with Crippen molar-refractivity contribution in [3.63, 3.8) is 0 Å². The van der Waals surface area contributed by atoms with Crippen LogP contribution in [0.3, 0.4) is 0 Å². The second-order valence-corrected chi connectivity index (χ2v) is 5.11. The molecular formula is C11H13Br2NO2. The molecule has 0 aromatic heterocycles. The minimum Gasteiger partial charge on any atom is -0.480 e. The van der Waals surface area contributed by atoms with E-state index in [0.717, 1.165) is 20.9 Å². The highest BCUT2D eigenvalue weighted by atomic mass is 79.9. The van der Waals surface area contributed by atoms with Gasteiger partial charge in [-0.05, 0) is 62.5 Å². The van der Waals surface area contributed by atoms with Crippen molar-refractivity contribution in [2.75, 3.05) is 6.54 Å². The average molecular weight is 351 g/mol. The third-order valence-electron chi connectivity index (χ3n) is 2.12. The van der Waals surface area contributed by atoms with Crippen LogP contribution in [0.25, 0.3) is 0 Å². The molecule has 1 aromatic carbocycles.